The summed E-state index contributed by atoms with van der Waals surface area (Å²) in [6.45, 7) is 1.06. The molecule has 5 heteroatoms. The van der Waals surface area contributed by atoms with E-state index in [0.29, 0.717) is 0 Å². The van der Waals surface area contributed by atoms with E-state index in [0.717, 1.165) is 35.9 Å². The third kappa shape index (κ3) is 5.61. The van der Waals surface area contributed by atoms with Crippen LogP contribution in [0.25, 0.3) is 22.0 Å². The summed E-state index contributed by atoms with van der Waals surface area (Å²) in [6.07, 6.45) is 12.0. The van der Waals surface area contributed by atoms with Gasteiger partial charge in [-0.3, -0.25) is 0 Å². The minimum Gasteiger partial charge on any atom is -0.406 e. The fourth-order valence-electron chi connectivity index (χ4n) is 6.09. The molecule has 0 atom stereocenters. The first kappa shape index (κ1) is 23.3. The molecule has 0 radical (unpaired) electrons. The van der Waals surface area contributed by atoms with Crippen molar-refractivity contribution in [3.63, 3.8) is 0 Å². The number of halogens is 3. The molecule has 0 saturated heterocycles. The molecular formula is C29H34F3NO. The van der Waals surface area contributed by atoms with Crippen molar-refractivity contribution in [2.24, 2.45) is 11.8 Å². The Morgan fingerprint density at radius 2 is 1.47 bits per heavy atom. The Morgan fingerprint density at radius 3 is 2.18 bits per heavy atom. The number of hydrogen-bond donors (Lipinski definition) is 0. The molecule has 0 spiro atoms. The van der Waals surface area contributed by atoms with Gasteiger partial charge in [-0.05, 0) is 72.1 Å². The molecule has 2 aliphatic carbocycles. The van der Waals surface area contributed by atoms with Gasteiger partial charge in [0.15, 0.2) is 0 Å². The van der Waals surface area contributed by atoms with Gasteiger partial charge >= 0.3 is 6.36 Å². The predicted molar refractivity (Wildman–Crippen MR) is 131 cm³/mol. The van der Waals surface area contributed by atoms with Gasteiger partial charge in [0.2, 0.25) is 0 Å². The maximum absolute atomic E-state index is 12.7. The van der Waals surface area contributed by atoms with Crippen molar-refractivity contribution < 1.29 is 17.9 Å². The molecule has 2 saturated carbocycles. The second-order valence-corrected chi connectivity index (χ2v) is 10.3. The Balaban J connectivity index is 1.48. The maximum atomic E-state index is 12.7. The van der Waals surface area contributed by atoms with Crippen LogP contribution < -0.4 is 4.74 Å². The fourth-order valence-corrected chi connectivity index (χ4v) is 6.09. The van der Waals surface area contributed by atoms with Gasteiger partial charge in [0.1, 0.15) is 5.75 Å². The molecule has 2 aliphatic rings. The van der Waals surface area contributed by atoms with E-state index in [1.807, 2.05) is 12.1 Å². The highest BCUT2D eigenvalue weighted by atomic mass is 19.4. The number of alkyl halides is 3. The SMILES string of the molecule is FC(F)(F)Oc1cccc(-c2ccc3c(c2)c(CC2CCCCC2)cn3CC2CCCCC2)c1. The average Bonchev–Trinajstić information content (AvgIpc) is 3.16. The minimum atomic E-state index is -4.69. The standard InChI is InChI=1S/C29H34F3NO/c30-29(31,32)34-26-13-7-12-23(17-26)24-14-15-28-27(18-24)25(16-21-8-3-1-4-9-21)20-33(28)19-22-10-5-2-6-11-22/h7,12-15,17-18,20-22H,1-6,8-11,16,19H2. The third-order valence-corrected chi connectivity index (χ3v) is 7.78. The Labute approximate surface area is 200 Å². The zero-order chi connectivity index (χ0) is 23.5. The van der Waals surface area contributed by atoms with E-state index < -0.39 is 6.36 Å². The first-order valence-electron chi connectivity index (χ1n) is 12.9. The van der Waals surface area contributed by atoms with Crippen molar-refractivity contribution in [2.75, 3.05) is 0 Å². The zero-order valence-electron chi connectivity index (χ0n) is 19.7. The van der Waals surface area contributed by atoms with Crippen molar-refractivity contribution in [1.82, 2.24) is 4.57 Å². The van der Waals surface area contributed by atoms with Crippen molar-refractivity contribution in [1.29, 1.82) is 0 Å². The Hall–Kier alpha value is -2.43. The van der Waals surface area contributed by atoms with Gasteiger partial charge in [0.05, 0.1) is 0 Å². The monoisotopic (exact) mass is 469 g/mol. The van der Waals surface area contributed by atoms with E-state index in [1.54, 1.807) is 6.07 Å². The molecule has 2 fully saturated rings. The molecule has 2 nitrogen and oxygen atoms in total. The first-order valence-corrected chi connectivity index (χ1v) is 12.9. The fraction of sp³-hybridized carbons (Fsp3) is 0.517. The van der Waals surface area contributed by atoms with Crippen LogP contribution >= 0.6 is 0 Å². The lowest BCUT2D eigenvalue weighted by atomic mass is 9.84. The van der Waals surface area contributed by atoms with E-state index in [4.69, 9.17) is 0 Å². The summed E-state index contributed by atoms with van der Waals surface area (Å²) in [5, 5.41) is 1.25. The zero-order valence-corrected chi connectivity index (χ0v) is 19.7. The van der Waals surface area contributed by atoms with Crippen molar-refractivity contribution >= 4 is 10.9 Å². The summed E-state index contributed by atoms with van der Waals surface area (Å²) in [4.78, 5) is 0. The molecule has 182 valence electrons. The van der Waals surface area contributed by atoms with Crippen LogP contribution in [-0.2, 0) is 13.0 Å². The molecule has 0 amide bonds. The number of fused-ring (bicyclic) bond motifs is 1. The van der Waals surface area contributed by atoms with E-state index >= 15 is 0 Å². The van der Waals surface area contributed by atoms with E-state index in [9.17, 15) is 13.2 Å². The first-order chi connectivity index (χ1) is 16.4. The van der Waals surface area contributed by atoms with Gasteiger partial charge in [-0.2, -0.15) is 0 Å². The Bertz CT molecular complexity index is 1100. The molecule has 2 aromatic carbocycles. The predicted octanol–water partition coefficient (Wildman–Crippen LogP) is 8.91. The lowest BCUT2D eigenvalue weighted by Gasteiger charge is -2.22. The van der Waals surface area contributed by atoms with Gasteiger partial charge in [-0.1, -0.05) is 69.6 Å². The number of ether oxygens (including phenoxy) is 1. The number of hydrogen-bond acceptors (Lipinski definition) is 1. The van der Waals surface area contributed by atoms with Crippen LogP contribution in [0.15, 0.2) is 48.7 Å². The molecule has 5 rings (SSSR count). The molecule has 1 aromatic heterocycles. The molecular weight excluding hydrogens is 435 g/mol. The minimum absolute atomic E-state index is 0.178. The van der Waals surface area contributed by atoms with Crippen LogP contribution in [-0.4, -0.2) is 10.9 Å². The number of nitrogens with zero attached hydrogens (tertiary/aromatic N) is 1. The van der Waals surface area contributed by atoms with Gasteiger partial charge in [0, 0.05) is 23.6 Å². The molecule has 1 heterocycles. The van der Waals surface area contributed by atoms with Crippen LogP contribution in [0.4, 0.5) is 13.2 Å². The smallest absolute Gasteiger partial charge is 0.406 e. The lowest BCUT2D eigenvalue weighted by Crippen LogP contribution is -2.17. The van der Waals surface area contributed by atoms with Crippen molar-refractivity contribution in [2.45, 2.75) is 83.5 Å². The molecule has 0 aliphatic heterocycles. The van der Waals surface area contributed by atoms with Crippen LogP contribution in [0.1, 0.15) is 69.8 Å². The maximum Gasteiger partial charge on any atom is 0.573 e. The highest BCUT2D eigenvalue weighted by Crippen LogP contribution is 2.35. The van der Waals surface area contributed by atoms with Gasteiger partial charge in [0.25, 0.3) is 0 Å². The third-order valence-electron chi connectivity index (χ3n) is 7.78. The molecule has 34 heavy (non-hydrogen) atoms. The molecule has 3 aromatic rings. The summed E-state index contributed by atoms with van der Waals surface area (Å²) in [5.74, 6) is 1.29. The van der Waals surface area contributed by atoms with Crippen LogP contribution in [0.3, 0.4) is 0 Å². The Morgan fingerprint density at radius 1 is 0.794 bits per heavy atom. The van der Waals surface area contributed by atoms with E-state index in [-0.39, 0.29) is 5.75 Å². The summed E-state index contributed by atoms with van der Waals surface area (Å²) in [7, 11) is 0. The number of rotatable bonds is 6. The highest BCUT2D eigenvalue weighted by molar-refractivity contribution is 5.89. The number of benzene rings is 2. The van der Waals surface area contributed by atoms with Gasteiger partial charge in [-0.25, -0.2) is 0 Å². The molecule has 0 bridgehead atoms. The topological polar surface area (TPSA) is 14.2 Å². The van der Waals surface area contributed by atoms with Crippen LogP contribution in [0, 0.1) is 11.8 Å². The quantitative estimate of drug-likeness (QED) is 0.351. The second kappa shape index (κ2) is 10.1. The molecule has 0 unspecified atom stereocenters. The largest absolute Gasteiger partial charge is 0.573 e. The summed E-state index contributed by atoms with van der Waals surface area (Å²) < 4.78 is 44.8. The average molecular weight is 470 g/mol. The van der Waals surface area contributed by atoms with Crippen LogP contribution in [0.5, 0.6) is 5.75 Å². The van der Waals surface area contributed by atoms with Gasteiger partial charge < -0.3 is 9.30 Å². The second-order valence-electron chi connectivity index (χ2n) is 10.3. The number of aromatic nitrogens is 1. The normalized spacial score (nSPS) is 18.4. The van der Waals surface area contributed by atoms with Crippen molar-refractivity contribution in [3.05, 3.63) is 54.2 Å². The molecule has 0 N–H and O–H groups in total. The summed E-state index contributed by atoms with van der Waals surface area (Å²) in [6, 6.07) is 12.7. The summed E-state index contributed by atoms with van der Waals surface area (Å²) in [5.41, 5.74) is 4.32. The lowest BCUT2D eigenvalue weighted by molar-refractivity contribution is -0.274. The van der Waals surface area contributed by atoms with E-state index in [1.165, 1.54) is 92.8 Å². The Kier molecular flexibility index (Phi) is 6.89. The van der Waals surface area contributed by atoms with Gasteiger partial charge in [-0.15, -0.1) is 13.2 Å². The van der Waals surface area contributed by atoms with Crippen molar-refractivity contribution in [3.8, 4) is 16.9 Å². The van der Waals surface area contributed by atoms with E-state index in [2.05, 4.69) is 27.6 Å². The highest BCUT2D eigenvalue weighted by Gasteiger charge is 2.31. The van der Waals surface area contributed by atoms with Crippen LogP contribution in [0.2, 0.25) is 0 Å². The summed E-state index contributed by atoms with van der Waals surface area (Å²) >= 11 is 0.